The van der Waals surface area contributed by atoms with E-state index in [1.807, 2.05) is 6.92 Å². The van der Waals surface area contributed by atoms with Gasteiger partial charge in [0.15, 0.2) is 0 Å². The predicted octanol–water partition coefficient (Wildman–Crippen LogP) is 5.07. The fourth-order valence-electron chi connectivity index (χ4n) is 5.77. The SMILES string of the molecule is C=C(C)C[C@@H]1C[C@H]2C3c4ccccc4C(c4ccccc43)[C@H]2C1=O. The van der Waals surface area contributed by atoms with E-state index < -0.39 is 0 Å². The molecule has 4 aliphatic carbocycles. The van der Waals surface area contributed by atoms with E-state index in [9.17, 15) is 4.79 Å². The fraction of sp³-hybridized carbons (Fsp3) is 0.348. The summed E-state index contributed by atoms with van der Waals surface area (Å²) in [5.74, 6) is 1.95. The Balaban J connectivity index is 1.70. The Labute approximate surface area is 143 Å². The lowest BCUT2D eigenvalue weighted by Crippen LogP contribution is -2.39. The molecule has 0 radical (unpaired) electrons. The molecule has 0 aromatic heterocycles. The van der Waals surface area contributed by atoms with Crippen LogP contribution in [0.2, 0.25) is 0 Å². The third kappa shape index (κ3) is 1.73. The van der Waals surface area contributed by atoms with Gasteiger partial charge in [0, 0.05) is 23.7 Å². The molecule has 1 nitrogen and oxygen atoms in total. The van der Waals surface area contributed by atoms with Gasteiger partial charge in [-0.25, -0.2) is 0 Å². The third-order valence-corrected chi connectivity index (χ3v) is 6.46. The minimum absolute atomic E-state index is 0.171. The molecular weight excluding hydrogens is 292 g/mol. The summed E-state index contributed by atoms with van der Waals surface area (Å²) in [5.41, 5.74) is 6.85. The molecule has 0 heterocycles. The molecule has 2 aromatic rings. The zero-order chi connectivity index (χ0) is 16.4. The molecule has 1 fully saturated rings. The normalized spacial score (nSPS) is 32.2. The summed E-state index contributed by atoms with van der Waals surface area (Å²) in [5, 5.41) is 0. The van der Waals surface area contributed by atoms with E-state index in [4.69, 9.17) is 0 Å². The molecule has 0 amide bonds. The van der Waals surface area contributed by atoms with Crippen molar-refractivity contribution < 1.29 is 4.79 Å². The molecule has 0 N–H and O–H groups in total. The molecular formula is C23H22O. The maximum atomic E-state index is 13.2. The van der Waals surface area contributed by atoms with Crippen LogP contribution in [-0.2, 0) is 4.79 Å². The average Bonchev–Trinajstić information content (AvgIpc) is 2.91. The fourth-order valence-corrected chi connectivity index (χ4v) is 5.77. The quantitative estimate of drug-likeness (QED) is 0.708. The van der Waals surface area contributed by atoms with E-state index in [0.29, 0.717) is 17.6 Å². The number of Topliss-reactive ketones (excluding diaryl/α,β-unsaturated/α-hetero) is 1. The minimum atomic E-state index is 0.171. The van der Waals surface area contributed by atoms with Crippen LogP contribution in [0.25, 0.3) is 0 Å². The first-order valence-corrected chi connectivity index (χ1v) is 9.02. The monoisotopic (exact) mass is 314 g/mol. The number of ketones is 1. The number of hydrogen-bond acceptors (Lipinski definition) is 1. The van der Waals surface area contributed by atoms with Crippen molar-refractivity contribution in [3.05, 3.63) is 82.9 Å². The van der Waals surface area contributed by atoms with Crippen LogP contribution in [0.3, 0.4) is 0 Å². The molecule has 0 spiro atoms. The summed E-state index contributed by atoms with van der Waals surface area (Å²) >= 11 is 0. The number of allylic oxidation sites excluding steroid dienone is 1. The van der Waals surface area contributed by atoms with E-state index in [1.165, 1.54) is 22.3 Å². The van der Waals surface area contributed by atoms with Crippen LogP contribution < -0.4 is 0 Å². The number of benzene rings is 2. The molecule has 0 aliphatic heterocycles. The van der Waals surface area contributed by atoms with Gasteiger partial charge >= 0.3 is 0 Å². The lowest BCUT2D eigenvalue weighted by Gasteiger charge is -2.47. The smallest absolute Gasteiger partial charge is 0.140 e. The van der Waals surface area contributed by atoms with Gasteiger partial charge in [0.2, 0.25) is 0 Å². The molecule has 1 heteroatoms. The van der Waals surface area contributed by atoms with Crippen LogP contribution >= 0.6 is 0 Å². The molecule has 1 saturated carbocycles. The van der Waals surface area contributed by atoms with Crippen LogP contribution in [0.4, 0.5) is 0 Å². The molecule has 0 unspecified atom stereocenters. The predicted molar refractivity (Wildman–Crippen MR) is 96.1 cm³/mol. The summed E-state index contributed by atoms with van der Waals surface area (Å²) in [6.07, 6.45) is 1.89. The maximum Gasteiger partial charge on any atom is 0.140 e. The largest absolute Gasteiger partial charge is 0.299 e. The van der Waals surface area contributed by atoms with E-state index in [2.05, 4.69) is 55.1 Å². The number of carbonyl (C=O) groups excluding carboxylic acids is 1. The molecule has 4 aliphatic rings. The Morgan fingerprint density at radius 2 is 1.46 bits per heavy atom. The van der Waals surface area contributed by atoms with Crippen LogP contribution in [0, 0.1) is 17.8 Å². The Morgan fingerprint density at radius 1 is 0.958 bits per heavy atom. The first-order chi connectivity index (χ1) is 11.7. The van der Waals surface area contributed by atoms with Gasteiger partial charge in [-0.15, -0.1) is 6.58 Å². The van der Waals surface area contributed by atoms with Gasteiger partial charge in [0.25, 0.3) is 0 Å². The van der Waals surface area contributed by atoms with Crippen molar-refractivity contribution in [1.82, 2.24) is 0 Å². The van der Waals surface area contributed by atoms with Gasteiger partial charge in [-0.2, -0.15) is 0 Å². The van der Waals surface area contributed by atoms with Crippen LogP contribution in [0.15, 0.2) is 60.7 Å². The first-order valence-electron chi connectivity index (χ1n) is 9.02. The lowest BCUT2D eigenvalue weighted by molar-refractivity contribution is -0.125. The highest BCUT2D eigenvalue weighted by Crippen LogP contribution is 2.63. The minimum Gasteiger partial charge on any atom is -0.299 e. The third-order valence-electron chi connectivity index (χ3n) is 6.46. The second-order valence-electron chi connectivity index (χ2n) is 7.90. The van der Waals surface area contributed by atoms with Crippen molar-refractivity contribution in [1.29, 1.82) is 0 Å². The van der Waals surface area contributed by atoms with Crippen molar-refractivity contribution in [2.24, 2.45) is 17.8 Å². The highest BCUT2D eigenvalue weighted by atomic mass is 16.1. The highest BCUT2D eigenvalue weighted by Gasteiger charge is 2.57. The highest BCUT2D eigenvalue weighted by molar-refractivity contribution is 5.89. The molecule has 24 heavy (non-hydrogen) atoms. The van der Waals surface area contributed by atoms with Gasteiger partial charge < -0.3 is 0 Å². The number of carbonyl (C=O) groups is 1. The van der Waals surface area contributed by atoms with Gasteiger partial charge in [-0.1, -0.05) is 54.1 Å². The van der Waals surface area contributed by atoms with E-state index >= 15 is 0 Å². The first kappa shape index (κ1) is 14.2. The summed E-state index contributed by atoms with van der Waals surface area (Å²) < 4.78 is 0. The van der Waals surface area contributed by atoms with Gasteiger partial charge in [-0.3, -0.25) is 4.79 Å². The van der Waals surface area contributed by atoms with Crippen LogP contribution in [0.1, 0.15) is 53.9 Å². The second kappa shape index (κ2) is 4.92. The molecule has 120 valence electrons. The summed E-state index contributed by atoms with van der Waals surface area (Å²) in [6, 6.07) is 17.6. The van der Waals surface area contributed by atoms with Crippen molar-refractivity contribution in [2.75, 3.05) is 0 Å². The van der Waals surface area contributed by atoms with Crippen molar-refractivity contribution in [2.45, 2.75) is 31.6 Å². The Bertz CT molecular complexity index is 814. The standard InChI is InChI=1S/C23H22O/c1-13(2)11-14-12-19-20-15-7-3-5-9-17(15)21(22(19)23(14)24)18-10-6-4-8-16(18)20/h3-10,14,19-22H,1,11-12H2,2H3/t14-,19+,20?,21?,22+/m1/s1. The number of hydrogen-bond donors (Lipinski definition) is 0. The molecule has 6 rings (SSSR count). The number of rotatable bonds is 2. The van der Waals surface area contributed by atoms with Gasteiger partial charge in [-0.05, 0) is 47.9 Å². The summed E-state index contributed by atoms with van der Waals surface area (Å²) in [4.78, 5) is 13.2. The average molecular weight is 314 g/mol. The maximum absolute atomic E-state index is 13.2. The Kier molecular flexibility index (Phi) is 2.92. The molecule has 3 atom stereocenters. The van der Waals surface area contributed by atoms with E-state index in [1.54, 1.807) is 0 Å². The van der Waals surface area contributed by atoms with Crippen molar-refractivity contribution in [3.8, 4) is 0 Å². The van der Waals surface area contributed by atoms with E-state index in [0.717, 1.165) is 18.4 Å². The second-order valence-corrected chi connectivity index (χ2v) is 7.90. The van der Waals surface area contributed by atoms with Crippen LogP contribution in [-0.4, -0.2) is 5.78 Å². The summed E-state index contributed by atoms with van der Waals surface area (Å²) in [6.45, 7) is 6.10. The van der Waals surface area contributed by atoms with Gasteiger partial charge in [0.05, 0.1) is 0 Å². The van der Waals surface area contributed by atoms with Gasteiger partial charge in [0.1, 0.15) is 5.78 Å². The van der Waals surface area contributed by atoms with Crippen molar-refractivity contribution >= 4 is 5.78 Å². The Morgan fingerprint density at radius 3 is 1.96 bits per heavy atom. The molecule has 2 bridgehead atoms. The van der Waals surface area contributed by atoms with Crippen molar-refractivity contribution in [3.63, 3.8) is 0 Å². The molecule has 0 saturated heterocycles. The van der Waals surface area contributed by atoms with Crippen LogP contribution in [0.5, 0.6) is 0 Å². The Hall–Kier alpha value is -2.15. The van der Waals surface area contributed by atoms with E-state index in [-0.39, 0.29) is 17.8 Å². The zero-order valence-electron chi connectivity index (χ0n) is 14.0. The lowest BCUT2D eigenvalue weighted by atomic mass is 9.55. The topological polar surface area (TPSA) is 17.1 Å². The summed E-state index contributed by atoms with van der Waals surface area (Å²) in [7, 11) is 0. The molecule has 2 aromatic carbocycles. The zero-order valence-corrected chi connectivity index (χ0v) is 14.0.